The molecule has 0 unspecified atom stereocenters. The Bertz CT molecular complexity index is 615. The molecule has 1 aromatic carbocycles. The lowest BCUT2D eigenvalue weighted by molar-refractivity contribution is 0.522. The Morgan fingerprint density at radius 3 is 2.89 bits per heavy atom. The van der Waals surface area contributed by atoms with Crippen molar-refractivity contribution in [3.63, 3.8) is 0 Å². The summed E-state index contributed by atoms with van der Waals surface area (Å²) in [6.45, 7) is 3.26. The van der Waals surface area contributed by atoms with Gasteiger partial charge in [0.05, 0.1) is 23.1 Å². The maximum Gasteiger partial charge on any atom is 0.0743 e. The molecule has 4 heteroatoms. The molecule has 0 bridgehead atoms. The Morgan fingerprint density at radius 1 is 1.42 bits per heavy atom. The van der Waals surface area contributed by atoms with Crippen LogP contribution in [0, 0.1) is 5.41 Å². The molecular formula is C15H18BrN3. The molecule has 19 heavy (non-hydrogen) atoms. The third-order valence-corrected chi connectivity index (χ3v) is 4.70. The van der Waals surface area contributed by atoms with Crippen molar-refractivity contribution in [2.24, 2.45) is 5.41 Å². The summed E-state index contributed by atoms with van der Waals surface area (Å²) < 4.78 is 1.05. The Morgan fingerprint density at radius 2 is 2.21 bits per heavy atom. The molecule has 1 aliphatic carbocycles. The quantitative estimate of drug-likeness (QED) is 0.888. The zero-order valence-electron chi connectivity index (χ0n) is 11.0. The van der Waals surface area contributed by atoms with Crippen LogP contribution in [0.1, 0.15) is 26.2 Å². The lowest BCUT2D eigenvalue weighted by Gasteiger charge is -2.17. The Balaban J connectivity index is 1.96. The van der Waals surface area contributed by atoms with Crippen molar-refractivity contribution in [2.75, 3.05) is 17.6 Å². The highest BCUT2D eigenvalue weighted by atomic mass is 79.9. The van der Waals surface area contributed by atoms with Gasteiger partial charge in [0, 0.05) is 16.4 Å². The van der Waals surface area contributed by atoms with E-state index in [-0.39, 0.29) is 0 Å². The molecule has 0 radical (unpaired) electrons. The standard InChI is InChI=1S/C15H18BrN3/c1-2-15(5-6-15)9-19-14-11-7-10(16)3-4-13(11)18-8-12(14)17/h3-4,7-8H,2,5-6,9,17H2,1H3,(H,18,19). The molecule has 0 atom stereocenters. The third kappa shape index (κ3) is 2.41. The fourth-order valence-electron chi connectivity index (χ4n) is 2.49. The Kier molecular flexibility index (Phi) is 3.13. The van der Waals surface area contributed by atoms with Crippen LogP contribution in [0.2, 0.25) is 0 Å². The van der Waals surface area contributed by atoms with Gasteiger partial charge in [-0.25, -0.2) is 0 Å². The first-order chi connectivity index (χ1) is 9.13. The topological polar surface area (TPSA) is 50.9 Å². The van der Waals surface area contributed by atoms with E-state index in [2.05, 4.69) is 39.2 Å². The van der Waals surface area contributed by atoms with E-state index in [4.69, 9.17) is 5.73 Å². The maximum absolute atomic E-state index is 6.09. The number of halogens is 1. The summed E-state index contributed by atoms with van der Waals surface area (Å²) in [4.78, 5) is 4.38. The van der Waals surface area contributed by atoms with Gasteiger partial charge >= 0.3 is 0 Å². The zero-order chi connectivity index (χ0) is 13.5. The molecule has 1 aliphatic rings. The summed E-state index contributed by atoms with van der Waals surface area (Å²) in [5.41, 5.74) is 9.29. The van der Waals surface area contributed by atoms with Crippen LogP contribution in [0.5, 0.6) is 0 Å². The smallest absolute Gasteiger partial charge is 0.0743 e. The van der Waals surface area contributed by atoms with E-state index in [1.165, 1.54) is 19.3 Å². The van der Waals surface area contributed by atoms with Gasteiger partial charge in [-0.2, -0.15) is 0 Å². The number of benzene rings is 1. The van der Waals surface area contributed by atoms with Crippen LogP contribution in [-0.2, 0) is 0 Å². The lowest BCUT2D eigenvalue weighted by atomic mass is 10.0. The average molecular weight is 320 g/mol. The molecule has 3 rings (SSSR count). The first kappa shape index (κ1) is 12.7. The van der Waals surface area contributed by atoms with Gasteiger partial charge in [-0.1, -0.05) is 22.9 Å². The van der Waals surface area contributed by atoms with E-state index in [1.807, 2.05) is 12.1 Å². The summed E-state index contributed by atoms with van der Waals surface area (Å²) >= 11 is 3.51. The number of aromatic nitrogens is 1. The van der Waals surface area contributed by atoms with Crippen LogP contribution in [-0.4, -0.2) is 11.5 Å². The van der Waals surface area contributed by atoms with Crippen LogP contribution < -0.4 is 11.1 Å². The molecule has 2 aromatic rings. The number of fused-ring (bicyclic) bond motifs is 1. The van der Waals surface area contributed by atoms with E-state index in [0.29, 0.717) is 5.41 Å². The monoisotopic (exact) mass is 319 g/mol. The highest BCUT2D eigenvalue weighted by molar-refractivity contribution is 9.10. The lowest BCUT2D eigenvalue weighted by Crippen LogP contribution is -2.15. The van der Waals surface area contributed by atoms with E-state index in [9.17, 15) is 0 Å². The molecule has 1 heterocycles. The highest BCUT2D eigenvalue weighted by Crippen LogP contribution is 2.48. The van der Waals surface area contributed by atoms with E-state index in [1.54, 1.807) is 6.20 Å². The molecule has 1 saturated carbocycles. The normalized spacial score (nSPS) is 16.5. The molecule has 3 N–H and O–H groups in total. The summed E-state index contributed by atoms with van der Waals surface area (Å²) in [5, 5.41) is 4.64. The Labute approximate surface area is 121 Å². The van der Waals surface area contributed by atoms with Crippen molar-refractivity contribution < 1.29 is 0 Å². The van der Waals surface area contributed by atoms with Crippen molar-refractivity contribution in [1.29, 1.82) is 0 Å². The van der Waals surface area contributed by atoms with Crippen molar-refractivity contribution in [1.82, 2.24) is 4.98 Å². The SMILES string of the molecule is CCC1(CNc2c(N)cnc3ccc(Br)cc23)CC1. The number of nitrogens with two attached hydrogens (primary N) is 1. The predicted octanol–water partition coefficient (Wildman–Crippen LogP) is 4.18. The minimum Gasteiger partial charge on any atom is -0.396 e. The molecule has 3 nitrogen and oxygen atoms in total. The van der Waals surface area contributed by atoms with Gasteiger partial charge in [0.25, 0.3) is 0 Å². The summed E-state index contributed by atoms with van der Waals surface area (Å²) in [5.74, 6) is 0. The van der Waals surface area contributed by atoms with Gasteiger partial charge in [-0.15, -0.1) is 0 Å². The molecule has 1 aromatic heterocycles. The van der Waals surface area contributed by atoms with Gasteiger partial charge in [-0.3, -0.25) is 4.98 Å². The number of nitrogen functional groups attached to an aromatic ring is 1. The van der Waals surface area contributed by atoms with Gasteiger partial charge in [0.2, 0.25) is 0 Å². The van der Waals surface area contributed by atoms with Crippen LogP contribution in [0.15, 0.2) is 28.9 Å². The number of rotatable bonds is 4. The second-order valence-electron chi connectivity index (χ2n) is 5.46. The van der Waals surface area contributed by atoms with Crippen molar-refractivity contribution in [3.8, 4) is 0 Å². The highest BCUT2D eigenvalue weighted by Gasteiger charge is 2.40. The first-order valence-corrected chi connectivity index (χ1v) is 7.50. The number of nitrogens with one attached hydrogen (secondary N) is 1. The average Bonchev–Trinajstić information content (AvgIpc) is 3.18. The van der Waals surface area contributed by atoms with Gasteiger partial charge < -0.3 is 11.1 Å². The van der Waals surface area contributed by atoms with Crippen LogP contribution in [0.25, 0.3) is 10.9 Å². The van der Waals surface area contributed by atoms with Crippen molar-refractivity contribution >= 4 is 38.2 Å². The van der Waals surface area contributed by atoms with Crippen LogP contribution in [0.3, 0.4) is 0 Å². The van der Waals surface area contributed by atoms with E-state index < -0.39 is 0 Å². The molecule has 0 amide bonds. The summed E-state index contributed by atoms with van der Waals surface area (Å²) in [6, 6.07) is 6.09. The number of hydrogen-bond donors (Lipinski definition) is 2. The summed E-state index contributed by atoms with van der Waals surface area (Å²) in [7, 11) is 0. The zero-order valence-corrected chi connectivity index (χ0v) is 12.6. The molecule has 1 fully saturated rings. The summed E-state index contributed by atoms with van der Waals surface area (Å²) in [6.07, 6.45) is 5.61. The second-order valence-corrected chi connectivity index (χ2v) is 6.37. The largest absolute Gasteiger partial charge is 0.396 e. The number of anilines is 2. The predicted molar refractivity (Wildman–Crippen MR) is 84.3 cm³/mol. The molecule has 0 saturated heterocycles. The van der Waals surface area contributed by atoms with E-state index in [0.717, 1.165) is 33.3 Å². The van der Waals surface area contributed by atoms with Crippen LogP contribution >= 0.6 is 15.9 Å². The van der Waals surface area contributed by atoms with Gasteiger partial charge in [0.15, 0.2) is 0 Å². The fourth-order valence-corrected chi connectivity index (χ4v) is 2.85. The minimum atomic E-state index is 0.494. The first-order valence-electron chi connectivity index (χ1n) is 6.71. The molecule has 0 aliphatic heterocycles. The second kappa shape index (κ2) is 4.67. The molecule has 0 spiro atoms. The van der Waals surface area contributed by atoms with Crippen molar-refractivity contribution in [2.45, 2.75) is 26.2 Å². The van der Waals surface area contributed by atoms with Gasteiger partial charge in [-0.05, 0) is 42.9 Å². The van der Waals surface area contributed by atoms with Crippen LogP contribution in [0.4, 0.5) is 11.4 Å². The maximum atomic E-state index is 6.09. The fraction of sp³-hybridized carbons (Fsp3) is 0.400. The number of pyridine rings is 1. The third-order valence-electron chi connectivity index (χ3n) is 4.21. The number of nitrogens with zero attached hydrogens (tertiary/aromatic N) is 1. The molecule has 100 valence electrons. The number of hydrogen-bond acceptors (Lipinski definition) is 3. The van der Waals surface area contributed by atoms with E-state index >= 15 is 0 Å². The minimum absolute atomic E-state index is 0.494. The van der Waals surface area contributed by atoms with Gasteiger partial charge in [0.1, 0.15) is 0 Å². The molecular weight excluding hydrogens is 302 g/mol. The Hall–Kier alpha value is -1.29. The van der Waals surface area contributed by atoms with Crippen molar-refractivity contribution in [3.05, 3.63) is 28.9 Å².